The fourth-order valence-corrected chi connectivity index (χ4v) is 1.76. The van der Waals surface area contributed by atoms with Crippen LogP contribution in [-0.2, 0) is 4.74 Å². The van der Waals surface area contributed by atoms with Crippen molar-refractivity contribution in [3.05, 3.63) is 11.3 Å². The summed E-state index contributed by atoms with van der Waals surface area (Å²) in [6.07, 6.45) is 2.39. The van der Waals surface area contributed by atoms with E-state index in [1.54, 1.807) is 5.57 Å². The highest BCUT2D eigenvalue weighted by molar-refractivity contribution is 5.17. The highest BCUT2D eigenvalue weighted by Gasteiger charge is 2.21. The van der Waals surface area contributed by atoms with Crippen molar-refractivity contribution in [1.29, 1.82) is 0 Å². The van der Waals surface area contributed by atoms with E-state index < -0.39 is 0 Å². The van der Waals surface area contributed by atoms with Crippen LogP contribution in [0.15, 0.2) is 11.3 Å². The van der Waals surface area contributed by atoms with Crippen LogP contribution < -0.4 is 0 Å². The Morgan fingerprint density at radius 2 is 2.00 bits per heavy atom. The Morgan fingerprint density at radius 1 is 1.33 bits per heavy atom. The lowest BCUT2D eigenvalue weighted by atomic mass is 9.93. The highest BCUT2D eigenvalue weighted by Crippen LogP contribution is 2.31. The van der Waals surface area contributed by atoms with Crippen LogP contribution in [0.1, 0.15) is 40.5 Å². The van der Waals surface area contributed by atoms with Crippen LogP contribution in [-0.4, -0.2) is 6.61 Å². The van der Waals surface area contributed by atoms with Gasteiger partial charge in [0.25, 0.3) is 0 Å². The molecule has 1 aliphatic rings. The van der Waals surface area contributed by atoms with Crippen LogP contribution in [0.3, 0.4) is 0 Å². The summed E-state index contributed by atoms with van der Waals surface area (Å²) in [5.41, 5.74) is 1.56. The first-order chi connectivity index (χ1) is 5.66. The minimum absolute atomic E-state index is 0.566. The SMILES string of the molecule is CCC(C)C1=C(C(C)C)OCC1. The van der Waals surface area contributed by atoms with E-state index >= 15 is 0 Å². The third-order valence-corrected chi connectivity index (χ3v) is 2.68. The number of hydrogen-bond acceptors (Lipinski definition) is 1. The van der Waals surface area contributed by atoms with Gasteiger partial charge in [0.1, 0.15) is 0 Å². The molecule has 1 nitrogen and oxygen atoms in total. The molecule has 0 spiro atoms. The zero-order valence-corrected chi connectivity index (χ0v) is 8.68. The van der Waals surface area contributed by atoms with Gasteiger partial charge in [0, 0.05) is 12.3 Å². The molecule has 70 valence electrons. The molecule has 0 fully saturated rings. The second-order valence-electron chi connectivity index (χ2n) is 3.95. The zero-order chi connectivity index (χ0) is 9.14. The van der Waals surface area contributed by atoms with Gasteiger partial charge >= 0.3 is 0 Å². The first kappa shape index (κ1) is 9.63. The van der Waals surface area contributed by atoms with Gasteiger partial charge in [-0.2, -0.15) is 0 Å². The van der Waals surface area contributed by atoms with Gasteiger partial charge in [0.15, 0.2) is 0 Å². The average molecular weight is 168 g/mol. The first-order valence-electron chi connectivity index (χ1n) is 5.02. The molecule has 12 heavy (non-hydrogen) atoms. The summed E-state index contributed by atoms with van der Waals surface area (Å²) in [5, 5.41) is 0. The Kier molecular flexibility index (Phi) is 3.19. The molecule has 0 aromatic heterocycles. The minimum Gasteiger partial charge on any atom is -0.497 e. The third-order valence-electron chi connectivity index (χ3n) is 2.68. The molecule has 0 saturated carbocycles. The van der Waals surface area contributed by atoms with Gasteiger partial charge in [-0.3, -0.25) is 0 Å². The molecule has 1 heteroatoms. The van der Waals surface area contributed by atoms with E-state index in [4.69, 9.17) is 4.74 Å². The molecular weight excluding hydrogens is 148 g/mol. The number of ether oxygens (including phenoxy) is 1. The maximum Gasteiger partial charge on any atom is 0.0981 e. The molecule has 1 atom stereocenters. The second-order valence-corrected chi connectivity index (χ2v) is 3.95. The molecule has 0 amide bonds. The van der Waals surface area contributed by atoms with Gasteiger partial charge in [-0.05, 0) is 17.9 Å². The molecule has 0 bridgehead atoms. The number of hydrogen-bond donors (Lipinski definition) is 0. The Balaban J connectivity index is 2.76. The van der Waals surface area contributed by atoms with Gasteiger partial charge < -0.3 is 4.74 Å². The van der Waals surface area contributed by atoms with Crippen LogP contribution in [0.4, 0.5) is 0 Å². The van der Waals surface area contributed by atoms with Crippen LogP contribution in [0, 0.1) is 11.8 Å². The zero-order valence-electron chi connectivity index (χ0n) is 8.68. The number of allylic oxidation sites excluding steroid dienone is 1. The average Bonchev–Trinajstić information content (AvgIpc) is 2.50. The molecule has 1 heterocycles. The van der Waals surface area contributed by atoms with Gasteiger partial charge in [-0.1, -0.05) is 27.7 Å². The van der Waals surface area contributed by atoms with Crippen molar-refractivity contribution in [3.63, 3.8) is 0 Å². The summed E-state index contributed by atoms with van der Waals surface area (Å²) in [6, 6.07) is 0. The normalized spacial score (nSPS) is 20.1. The van der Waals surface area contributed by atoms with Crippen molar-refractivity contribution < 1.29 is 4.74 Å². The predicted octanol–water partition coefficient (Wildman–Crippen LogP) is 3.36. The fourth-order valence-electron chi connectivity index (χ4n) is 1.76. The van der Waals surface area contributed by atoms with Crippen LogP contribution in [0.5, 0.6) is 0 Å². The van der Waals surface area contributed by atoms with Gasteiger partial charge in [-0.15, -0.1) is 0 Å². The Hall–Kier alpha value is -0.460. The lowest BCUT2D eigenvalue weighted by Crippen LogP contribution is -2.02. The minimum atomic E-state index is 0.566. The van der Waals surface area contributed by atoms with E-state index in [0.717, 1.165) is 13.0 Å². The van der Waals surface area contributed by atoms with Crippen molar-refractivity contribution in [2.24, 2.45) is 11.8 Å². The largest absolute Gasteiger partial charge is 0.497 e. The molecule has 1 unspecified atom stereocenters. The third kappa shape index (κ3) is 1.82. The Bertz CT molecular complexity index is 179. The lowest BCUT2D eigenvalue weighted by Gasteiger charge is -2.13. The van der Waals surface area contributed by atoms with Crippen LogP contribution in [0.25, 0.3) is 0 Å². The first-order valence-corrected chi connectivity index (χ1v) is 5.02. The van der Waals surface area contributed by atoms with E-state index in [1.807, 2.05) is 0 Å². The topological polar surface area (TPSA) is 9.23 Å². The van der Waals surface area contributed by atoms with Gasteiger partial charge in [0.2, 0.25) is 0 Å². The molecule has 0 saturated heterocycles. The maximum absolute atomic E-state index is 5.63. The maximum atomic E-state index is 5.63. The summed E-state index contributed by atoms with van der Waals surface area (Å²) in [4.78, 5) is 0. The smallest absolute Gasteiger partial charge is 0.0981 e. The number of rotatable bonds is 3. The summed E-state index contributed by atoms with van der Waals surface area (Å²) < 4.78 is 5.63. The Morgan fingerprint density at radius 3 is 2.50 bits per heavy atom. The van der Waals surface area contributed by atoms with Crippen LogP contribution >= 0.6 is 0 Å². The Labute approximate surface area is 75.8 Å². The van der Waals surface area contributed by atoms with Crippen molar-refractivity contribution in [1.82, 2.24) is 0 Å². The molecule has 1 aliphatic heterocycles. The summed E-state index contributed by atoms with van der Waals surface area (Å²) in [7, 11) is 0. The molecular formula is C11H20O. The van der Waals surface area contributed by atoms with E-state index in [1.165, 1.54) is 12.2 Å². The van der Waals surface area contributed by atoms with E-state index in [9.17, 15) is 0 Å². The quantitative estimate of drug-likeness (QED) is 0.628. The summed E-state index contributed by atoms with van der Waals surface area (Å²) in [5.74, 6) is 2.55. The van der Waals surface area contributed by atoms with Crippen molar-refractivity contribution in [2.75, 3.05) is 6.61 Å². The molecule has 1 rings (SSSR count). The van der Waals surface area contributed by atoms with Crippen molar-refractivity contribution in [2.45, 2.75) is 40.5 Å². The van der Waals surface area contributed by atoms with Gasteiger partial charge in [0.05, 0.1) is 12.4 Å². The molecule has 0 N–H and O–H groups in total. The molecule has 0 aliphatic carbocycles. The second kappa shape index (κ2) is 3.97. The summed E-state index contributed by atoms with van der Waals surface area (Å²) in [6.45, 7) is 9.87. The van der Waals surface area contributed by atoms with E-state index in [2.05, 4.69) is 27.7 Å². The lowest BCUT2D eigenvalue weighted by molar-refractivity contribution is 0.215. The monoisotopic (exact) mass is 168 g/mol. The predicted molar refractivity (Wildman–Crippen MR) is 51.9 cm³/mol. The molecule has 0 aromatic rings. The standard InChI is InChI=1S/C11H20O/c1-5-9(4)10-6-7-12-11(10)8(2)3/h8-9H,5-7H2,1-4H3. The highest BCUT2D eigenvalue weighted by atomic mass is 16.5. The van der Waals surface area contributed by atoms with Crippen molar-refractivity contribution in [3.8, 4) is 0 Å². The van der Waals surface area contributed by atoms with E-state index in [0.29, 0.717) is 11.8 Å². The van der Waals surface area contributed by atoms with Crippen molar-refractivity contribution >= 4 is 0 Å². The van der Waals surface area contributed by atoms with E-state index in [-0.39, 0.29) is 0 Å². The van der Waals surface area contributed by atoms with Crippen LogP contribution in [0.2, 0.25) is 0 Å². The molecule has 0 aromatic carbocycles. The molecule has 0 radical (unpaired) electrons. The fraction of sp³-hybridized carbons (Fsp3) is 0.818. The van der Waals surface area contributed by atoms with Gasteiger partial charge in [-0.25, -0.2) is 0 Å². The summed E-state index contributed by atoms with van der Waals surface area (Å²) >= 11 is 0.